The summed E-state index contributed by atoms with van der Waals surface area (Å²) in [6, 6.07) is 0.526. The minimum Gasteiger partial charge on any atom is -0.477 e. The minimum atomic E-state index is -0.841. The van der Waals surface area contributed by atoms with E-state index >= 15 is 0 Å². The molecule has 0 spiro atoms. The van der Waals surface area contributed by atoms with Gasteiger partial charge in [-0.2, -0.15) is 0 Å². The monoisotopic (exact) mass is 282 g/mol. The maximum Gasteiger partial charge on any atom is 0.347 e. The Balaban J connectivity index is 2.34. The molecule has 1 fully saturated rings. The predicted octanol–water partition coefficient (Wildman–Crippen LogP) is 3.73. The van der Waals surface area contributed by atoms with Gasteiger partial charge in [-0.15, -0.1) is 0 Å². The molecule has 106 valence electrons. The highest BCUT2D eigenvalue weighted by atomic mass is 32.1. The van der Waals surface area contributed by atoms with Gasteiger partial charge in [0.2, 0.25) is 0 Å². The summed E-state index contributed by atoms with van der Waals surface area (Å²) in [5, 5.41) is 10.2. The van der Waals surface area contributed by atoms with Gasteiger partial charge in [-0.05, 0) is 31.6 Å². The van der Waals surface area contributed by atoms with E-state index in [0.29, 0.717) is 10.9 Å². The second-order valence-electron chi connectivity index (χ2n) is 5.22. The second-order valence-corrected chi connectivity index (χ2v) is 6.20. The third kappa shape index (κ3) is 2.76. The number of carboxylic acid groups (broad SMARTS) is 1. The van der Waals surface area contributed by atoms with Crippen molar-refractivity contribution >= 4 is 22.4 Å². The molecular weight excluding hydrogens is 260 g/mol. The predicted molar refractivity (Wildman–Crippen MR) is 78.4 cm³/mol. The summed E-state index contributed by atoms with van der Waals surface area (Å²) in [7, 11) is 0. The standard InChI is InChI=1S/C14H22N2O2S/c1-4-9(3)11-12(13(17)18)19-14(15-11)16-8-6-7-10(16)5-2/h9-10H,4-8H2,1-3H3,(H,17,18). The van der Waals surface area contributed by atoms with Crippen LogP contribution in [-0.4, -0.2) is 28.6 Å². The van der Waals surface area contributed by atoms with Gasteiger partial charge in [-0.1, -0.05) is 32.1 Å². The van der Waals surface area contributed by atoms with Crippen LogP contribution in [0.2, 0.25) is 0 Å². The van der Waals surface area contributed by atoms with Gasteiger partial charge in [0.25, 0.3) is 0 Å². The Morgan fingerprint density at radius 1 is 1.58 bits per heavy atom. The number of carbonyl (C=O) groups is 1. The lowest BCUT2D eigenvalue weighted by Gasteiger charge is -2.22. The molecule has 5 heteroatoms. The molecule has 1 aromatic heterocycles. The first-order valence-corrected chi connectivity index (χ1v) is 7.90. The van der Waals surface area contributed by atoms with Gasteiger partial charge in [-0.25, -0.2) is 9.78 Å². The van der Waals surface area contributed by atoms with Gasteiger partial charge in [-0.3, -0.25) is 0 Å². The summed E-state index contributed by atoms with van der Waals surface area (Å²) in [6.45, 7) is 7.31. The summed E-state index contributed by atoms with van der Waals surface area (Å²) in [5.41, 5.74) is 0.761. The number of carboxylic acids is 1. The lowest BCUT2D eigenvalue weighted by molar-refractivity contribution is 0.0700. The van der Waals surface area contributed by atoms with Gasteiger partial charge >= 0.3 is 5.97 Å². The van der Waals surface area contributed by atoms with E-state index in [0.717, 1.165) is 30.2 Å². The van der Waals surface area contributed by atoms with Gasteiger partial charge < -0.3 is 10.0 Å². The number of aromatic carboxylic acids is 1. The fraction of sp³-hybridized carbons (Fsp3) is 0.714. The normalized spacial score (nSPS) is 20.8. The molecule has 2 heterocycles. The maximum absolute atomic E-state index is 11.4. The molecule has 1 aliphatic rings. The topological polar surface area (TPSA) is 53.4 Å². The van der Waals surface area contributed by atoms with E-state index in [1.54, 1.807) is 0 Å². The molecule has 1 saturated heterocycles. The zero-order valence-corrected chi connectivity index (χ0v) is 12.7. The molecule has 0 saturated carbocycles. The van der Waals surface area contributed by atoms with Crippen molar-refractivity contribution in [2.24, 2.45) is 0 Å². The third-order valence-electron chi connectivity index (χ3n) is 4.01. The zero-order chi connectivity index (χ0) is 14.0. The second kappa shape index (κ2) is 5.90. The average molecular weight is 282 g/mol. The summed E-state index contributed by atoms with van der Waals surface area (Å²) in [6.07, 6.45) is 4.39. The van der Waals surface area contributed by atoms with E-state index in [4.69, 9.17) is 0 Å². The highest BCUT2D eigenvalue weighted by Crippen LogP contribution is 2.36. The van der Waals surface area contributed by atoms with E-state index in [2.05, 4.69) is 23.7 Å². The van der Waals surface area contributed by atoms with Crippen LogP contribution < -0.4 is 4.90 Å². The fourth-order valence-electron chi connectivity index (χ4n) is 2.64. The Bertz CT molecular complexity index is 458. The average Bonchev–Trinajstić information content (AvgIpc) is 3.03. The van der Waals surface area contributed by atoms with Crippen LogP contribution in [0, 0.1) is 0 Å². The zero-order valence-electron chi connectivity index (χ0n) is 11.8. The highest BCUT2D eigenvalue weighted by molar-refractivity contribution is 7.17. The number of rotatable bonds is 5. The van der Waals surface area contributed by atoms with Crippen LogP contribution in [0.5, 0.6) is 0 Å². The summed E-state index contributed by atoms with van der Waals surface area (Å²) >= 11 is 1.34. The minimum absolute atomic E-state index is 0.207. The van der Waals surface area contributed by atoms with Crippen molar-refractivity contribution in [2.75, 3.05) is 11.4 Å². The first-order valence-electron chi connectivity index (χ1n) is 7.09. The number of aromatic nitrogens is 1. The third-order valence-corrected chi connectivity index (χ3v) is 5.11. The molecule has 4 nitrogen and oxygen atoms in total. The van der Waals surface area contributed by atoms with E-state index in [9.17, 15) is 9.90 Å². The van der Waals surface area contributed by atoms with Gasteiger partial charge in [0, 0.05) is 12.6 Å². The van der Waals surface area contributed by atoms with Crippen LogP contribution >= 0.6 is 11.3 Å². The number of nitrogens with zero attached hydrogens (tertiary/aromatic N) is 2. The number of hydrogen-bond donors (Lipinski definition) is 1. The number of thiazole rings is 1. The van der Waals surface area contributed by atoms with Crippen molar-refractivity contribution in [2.45, 2.75) is 58.4 Å². The summed E-state index contributed by atoms with van der Waals surface area (Å²) < 4.78 is 0. The summed E-state index contributed by atoms with van der Waals surface area (Å²) in [5.74, 6) is -0.634. The van der Waals surface area contributed by atoms with E-state index in [-0.39, 0.29) is 5.92 Å². The molecule has 1 aromatic rings. The number of hydrogen-bond acceptors (Lipinski definition) is 4. The molecule has 0 aliphatic carbocycles. The Morgan fingerprint density at radius 2 is 2.32 bits per heavy atom. The Morgan fingerprint density at radius 3 is 2.89 bits per heavy atom. The largest absolute Gasteiger partial charge is 0.477 e. The van der Waals surface area contributed by atoms with Crippen LogP contribution in [0.3, 0.4) is 0 Å². The SMILES string of the molecule is CCC(C)c1nc(N2CCCC2CC)sc1C(=O)O. The molecule has 2 unspecified atom stereocenters. The van der Waals surface area contributed by atoms with Crippen molar-refractivity contribution in [3.8, 4) is 0 Å². The van der Waals surface area contributed by atoms with Crippen LogP contribution in [0.1, 0.15) is 67.7 Å². The molecular formula is C14H22N2O2S. The molecule has 0 bridgehead atoms. The number of anilines is 1. The molecule has 0 amide bonds. The lowest BCUT2D eigenvalue weighted by Crippen LogP contribution is -2.28. The molecule has 1 aliphatic heterocycles. The van der Waals surface area contributed by atoms with Crippen molar-refractivity contribution in [1.29, 1.82) is 0 Å². The first kappa shape index (κ1) is 14.3. The Hall–Kier alpha value is -1.10. The quantitative estimate of drug-likeness (QED) is 0.894. The van der Waals surface area contributed by atoms with Crippen molar-refractivity contribution in [3.05, 3.63) is 10.6 Å². The molecule has 2 atom stereocenters. The van der Waals surface area contributed by atoms with E-state index in [1.165, 1.54) is 24.2 Å². The van der Waals surface area contributed by atoms with Crippen molar-refractivity contribution < 1.29 is 9.90 Å². The van der Waals surface area contributed by atoms with Crippen molar-refractivity contribution in [3.63, 3.8) is 0 Å². The van der Waals surface area contributed by atoms with E-state index in [1.807, 2.05) is 6.92 Å². The fourth-order valence-corrected chi connectivity index (χ4v) is 3.76. The van der Waals surface area contributed by atoms with Crippen molar-refractivity contribution in [1.82, 2.24) is 4.98 Å². The molecule has 1 N–H and O–H groups in total. The van der Waals surface area contributed by atoms with Gasteiger partial charge in [0.1, 0.15) is 4.88 Å². The Kier molecular flexibility index (Phi) is 4.45. The van der Waals surface area contributed by atoms with Gasteiger partial charge in [0.15, 0.2) is 5.13 Å². The maximum atomic E-state index is 11.4. The van der Waals surface area contributed by atoms with Crippen LogP contribution in [0.25, 0.3) is 0 Å². The van der Waals surface area contributed by atoms with Gasteiger partial charge in [0.05, 0.1) is 5.69 Å². The summed E-state index contributed by atoms with van der Waals surface area (Å²) in [4.78, 5) is 18.7. The molecule has 0 radical (unpaired) electrons. The van der Waals surface area contributed by atoms with Crippen LogP contribution in [0.4, 0.5) is 5.13 Å². The molecule has 2 rings (SSSR count). The molecule has 0 aromatic carbocycles. The van der Waals surface area contributed by atoms with E-state index < -0.39 is 5.97 Å². The highest BCUT2D eigenvalue weighted by Gasteiger charge is 2.29. The molecule has 19 heavy (non-hydrogen) atoms. The van der Waals surface area contributed by atoms with Crippen LogP contribution in [-0.2, 0) is 0 Å². The lowest BCUT2D eigenvalue weighted by atomic mass is 10.0. The Labute approximate surface area is 118 Å². The van der Waals surface area contributed by atoms with Crippen LogP contribution in [0.15, 0.2) is 0 Å². The smallest absolute Gasteiger partial charge is 0.347 e. The first-order chi connectivity index (χ1) is 9.08.